The number of benzene rings is 1. The molecule has 0 bridgehead atoms. The molecule has 0 aliphatic rings. The van der Waals surface area contributed by atoms with Crippen LogP contribution in [-0.2, 0) is 16.6 Å². The third-order valence-corrected chi connectivity index (χ3v) is 3.77. The van der Waals surface area contributed by atoms with Gasteiger partial charge in [0.15, 0.2) is 0 Å². The number of nitrogens with one attached hydrogen (secondary N) is 1. The third kappa shape index (κ3) is 3.10. The normalized spacial score (nSPS) is 11.8. The second-order valence-electron chi connectivity index (χ2n) is 5.21. The molecule has 0 spiro atoms. The van der Waals surface area contributed by atoms with Gasteiger partial charge < -0.3 is 14.6 Å². The molecule has 21 heavy (non-hydrogen) atoms. The lowest BCUT2D eigenvalue weighted by molar-refractivity contribution is -0.137. The molecule has 1 N–H and O–H groups in total. The molecule has 1 aromatic carbocycles. The predicted molar refractivity (Wildman–Crippen MR) is 86.4 cm³/mol. The van der Waals surface area contributed by atoms with E-state index in [0.29, 0.717) is 6.61 Å². The highest BCUT2D eigenvalue weighted by Gasteiger charge is 2.08. The van der Waals surface area contributed by atoms with Crippen molar-refractivity contribution >= 4 is 22.6 Å². The number of rotatable bonds is 4. The predicted octanol–water partition coefficient (Wildman–Crippen LogP) is 3.67. The Kier molecular flexibility index (Phi) is 4.36. The van der Waals surface area contributed by atoms with Gasteiger partial charge in [0.25, 0.3) is 0 Å². The maximum absolute atomic E-state index is 11.4. The maximum Gasteiger partial charge on any atom is 0.332 e. The second-order valence-corrected chi connectivity index (χ2v) is 5.21. The molecular formula is C17H22N2O2. The highest BCUT2D eigenvalue weighted by atomic mass is 16.5. The molecule has 112 valence electrons. The van der Waals surface area contributed by atoms with Gasteiger partial charge in [0.1, 0.15) is 0 Å². The molecule has 0 fully saturated rings. The maximum atomic E-state index is 11.4. The smallest absolute Gasteiger partial charge is 0.332 e. The number of aromatic nitrogens is 1. The molecule has 2 aromatic rings. The Balaban J connectivity index is 2.28. The first-order valence-electron chi connectivity index (χ1n) is 7.11. The van der Waals surface area contributed by atoms with Gasteiger partial charge in [-0.15, -0.1) is 0 Å². The number of ether oxygens (including phenoxy) is 1. The van der Waals surface area contributed by atoms with E-state index in [1.807, 2.05) is 13.0 Å². The lowest BCUT2D eigenvalue weighted by Gasteiger charge is -2.07. The van der Waals surface area contributed by atoms with Crippen LogP contribution in [-0.4, -0.2) is 17.1 Å². The summed E-state index contributed by atoms with van der Waals surface area (Å²) in [5.41, 5.74) is 5.49. The standard InChI is InChI=1S/C17H22N2O2/c1-6-21-17(20)9-11(2)18-14-7-8-16-15(10-14)12(3)13(4)19(16)5/h7-10,18H,6H2,1-5H3/b11-9-. The molecule has 0 aliphatic heterocycles. The van der Waals surface area contributed by atoms with Gasteiger partial charge in [-0.1, -0.05) is 0 Å². The van der Waals surface area contributed by atoms with Crippen LogP contribution < -0.4 is 5.32 Å². The van der Waals surface area contributed by atoms with E-state index in [2.05, 4.69) is 42.9 Å². The molecule has 0 aliphatic carbocycles. The van der Waals surface area contributed by atoms with Crippen LogP contribution in [0.15, 0.2) is 30.0 Å². The topological polar surface area (TPSA) is 43.3 Å². The van der Waals surface area contributed by atoms with Crippen molar-refractivity contribution in [3.05, 3.63) is 41.2 Å². The van der Waals surface area contributed by atoms with Crippen LogP contribution >= 0.6 is 0 Å². The van der Waals surface area contributed by atoms with Crippen LogP contribution in [0.5, 0.6) is 0 Å². The highest BCUT2D eigenvalue weighted by Crippen LogP contribution is 2.27. The number of hydrogen-bond donors (Lipinski definition) is 1. The van der Waals surface area contributed by atoms with E-state index in [4.69, 9.17) is 4.74 Å². The van der Waals surface area contributed by atoms with Gasteiger partial charge in [-0.05, 0) is 51.5 Å². The molecule has 0 saturated heterocycles. The molecule has 0 amide bonds. The molecule has 4 nitrogen and oxygen atoms in total. The summed E-state index contributed by atoms with van der Waals surface area (Å²) >= 11 is 0. The van der Waals surface area contributed by atoms with Crippen molar-refractivity contribution in [3.8, 4) is 0 Å². The molecule has 0 saturated carbocycles. The largest absolute Gasteiger partial charge is 0.463 e. The second kappa shape index (κ2) is 6.04. The van der Waals surface area contributed by atoms with Crippen LogP contribution in [0.25, 0.3) is 10.9 Å². The number of nitrogens with zero attached hydrogens (tertiary/aromatic N) is 1. The fourth-order valence-electron chi connectivity index (χ4n) is 2.46. The van der Waals surface area contributed by atoms with Gasteiger partial charge in [0.05, 0.1) is 6.61 Å². The summed E-state index contributed by atoms with van der Waals surface area (Å²) in [5.74, 6) is -0.324. The SMILES string of the molecule is CCOC(=O)/C=C(/C)Nc1ccc2c(c1)c(C)c(C)n2C. The van der Waals surface area contributed by atoms with E-state index >= 15 is 0 Å². The zero-order valence-electron chi connectivity index (χ0n) is 13.3. The summed E-state index contributed by atoms with van der Waals surface area (Å²) in [6, 6.07) is 6.22. The summed E-state index contributed by atoms with van der Waals surface area (Å²) in [6.07, 6.45) is 1.47. The van der Waals surface area contributed by atoms with E-state index in [0.717, 1.165) is 11.4 Å². The van der Waals surface area contributed by atoms with Crippen LogP contribution in [0.2, 0.25) is 0 Å². The van der Waals surface area contributed by atoms with Gasteiger partial charge >= 0.3 is 5.97 Å². The van der Waals surface area contributed by atoms with Gasteiger partial charge in [-0.2, -0.15) is 0 Å². The van der Waals surface area contributed by atoms with E-state index in [1.165, 1.54) is 28.2 Å². The third-order valence-electron chi connectivity index (χ3n) is 3.77. The van der Waals surface area contributed by atoms with E-state index < -0.39 is 0 Å². The van der Waals surface area contributed by atoms with Crippen LogP contribution in [0.3, 0.4) is 0 Å². The minimum absolute atomic E-state index is 0.324. The number of hydrogen-bond acceptors (Lipinski definition) is 3. The first-order valence-corrected chi connectivity index (χ1v) is 7.11. The summed E-state index contributed by atoms with van der Waals surface area (Å²) in [5, 5.41) is 4.46. The number of anilines is 1. The highest BCUT2D eigenvalue weighted by molar-refractivity contribution is 5.89. The lowest BCUT2D eigenvalue weighted by Crippen LogP contribution is -2.04. The van der Waals surface area contributed by atoms with Gasteiger partial charge in [-0.25, -0.2) is 4.79 Å². The Bertz CT molecular complexity index is 711. The lowest BCUT2D eigenvalue weighted by atomic mass is 10.1. The number of carbonyl (C=O) groups is 1. The molecular weight excluding hydrogens is 264 g/mol. The monoisotopic (exact) mass is 286 g/mol. The number of fused-ring (bicyclic) bond motifs is 1. The molecule has 1 heterocycles. The first kappa shape index (κ1) is 15.2. The van der Waals surface area contributed by atoms with Crippen LogP contribution in [0, 0.1) is 13.8 Å². The van der Waals surface area contributed by atoms with Crippen molar-refractivity contribution < 1.29 is 9.53 Å². The van der Waals surface area contributed by atoms with Gasteiger partial charge in [0, 0.05) is 41.1 Å². The minimum atomic E-state index is -0.324. The van der Waals surface area contributed by atoms with Crippen molar-refractivity contribution in [2.75, 3.05) is 11.9 Å². The Morgan fingerprint density at radius 3 is 2.76 bits per heavy atom. The van der Waals surface area contributed by atoms with Gasteiger partial charge in [-0.3, -0.25) is 0 Å². The summed E-state index contributed by atoms with van der Waals surface area (Å²) in [6.45, 7) is 8.28. The molecule has 0 unspecified atom stereocenters. The van der Waals surface area contributed by atoms with E-state index in [-0.39, 0.29) is 5.97 Å². The molecule has 0 atom stereocenters. The van der Waals surface area contributed by atoms with Crippen molar-refractivity contribution in [2.45, 2.75) is 27.7 Å². The van der Waals surface area contributed by atoms with Crippen molar-refractivity contribution in [1.82, 2.24) is 4.57 Å². The van der Waals surface area contributed by atoms with Crippen LogP contribution in [0.1, 0.15) is 25.1 Å². The summed E-state index contributed by atoms with van der Waals surface area (Å²) in [4.78, 5) is 11.4. The zero-order chi connectivity index (χ0) is 15.6. The molecule has 0 radical (unpaired) electrons. The minimum Gasteiger partial charge on any atom is -0.463 e. The van der Waals surface area contributed by atoms with Gasteiger partial charge in [0.2, 0.25) is 0 Å². The van der Waals surface area contributed by atoms with E-state index in [1.54, 1.807) is 6.92 Å². The zero-order valence-corrected chi connectivity index (χ0v) is 13.3. The van der Waals surface area contributed by atoms with Crippen molar-refractivity contribution in [2.24, 2.45) is 7.05 Å². The quantitative estimate of drug-likeness (QED) is 0.689. The first-order chi connectivity index (χ1) is 9.93. The Hall–Kier alpha value is -2.23. The number of carbonyl (C=O) groups excluding carboxylic acids is 1. The fraction of sp³-hybridized carbons (Fsp3) is 0.353. The molecule has 2 rings (SSSR count). The number of aryl methyl sites for hydroxylation is 2. The number of allylic oxidation sites excluding steroid dienone is 1. The molecule has 1 aromatic heterocycles. The average Bonchev–Trinajstić information content (AvgIpc) is 2.64. The van der Waals surface area contributed by atoms with E-state index in [9.17, 15) is 4.79 Å². The summed E-state index contributed by atoms with van der Waals surface area (Å²) < 4.78 is 7.09. The molecule has 4 heteroatoms. The average molecular weight is 286 g/mol. The Morgan fingerprint density at radius 2 is 2.10 bits per heavy atom. The Morgan fingerprint density at radius 1 is 1.38 bits per heavy atom. The number of esters is 1. The van der Waals surface area contributed by atoms with Crippen LogP contribution in [0.4, 0.5) is 5.69 Å². The van der Waals surface area contributed by atoms with Crippen molar-refractivity contribution in [1.29, 1.82) is 0 Å². The fourth-order valence-corrected chi connectivity index (χ4v) is 2.46. The van der Waals surface area contributed by atoms with Crippen molar-refractivity contribution in [3.63, 3.8) is 0 Å². The Labute approximate surface area is 125 Å². The summed E-state index contributed by atoms with van der Waals surface area (Å²) in [7, 11) is 2.07.